The summed E-state index contributed by atoms with van der Waals surface area (Å²) < 4.78 is 11.5. The Morgan fingerprint density at radius 3 is 2.96 bits per heavy atom. The van der Waals surface area contributed by atoms with Crippen LogP contribution in [0.5, 0.6) is 5.75 Å². The lowest BCUT2D eigenvalue weighted by atomic mass is 9.78. The third-order valence-electron chi connectivity index (χ3n) is 5.15. The molecule has 2 atom stereocenters. The van der Waals surface area contributed by atoms with Crippen molar-refractivity contribution < 1.29 is 14.3 Å². The number of fused-ring (bicyclic) bond motifs is 1. The summed E-state index contributed by atoms with van der Waals surface area (Å²) in [5, 5.41) is 3.99. The van der Waals surface area contributed by atoms with Crippen molar-refractivity contribution in [3.63, 3.8) is 0 Å². The number of carbonyl (C=O) groups is 1. The molecule has 3 rings (SSSR count). The predicted molar refractivity (Wildman–Crippen MR) is 104 cm³/mol. The van der Waals surface area contributed by atoms with Crippen molar-refractivity contribution >= 4 is 22.5 Å². The molecule has 1 saturated carbocycles. The Balaban J connectivity index is 1.91. The second kappa shape index (κ2) is 8.04. The lowest BCUT2D eigenvalue weighted by Gasteiger charge is -2.38. The molecule has 1 aromatic carbocycles. The van der Waals surface area contributed by atoms with Gasteiger partial charge in [0.25, 0.3) is 5.91 Å². The molecule has 5 heteroatoms. The number of nitrogens with one attached hydrogen (secondary N) is 1. The molecule has 0 unspecified atom stereocenters. The fraction of sp³-hybridized carbons (Fsp3) is 0.524. The maximum absolute atomic E-state index is 13.3. The van der Waals surface area contributed by atoms with Crippen LogP contribution >= 0.6 is 0 Å². The summed E-state index contributed by atoms with van der Waals surface area (Å²) in [6, 6.07) is 7.53. The highest BCUT2D eigenvalue weighted by molar-refractivity contribution is 6.05. The first-order valence-electron chi connectivity index (χ1n) is 9.47. The highest BCUT2D eigenvalue weighted by Crippen LogP contribution is 2.37. The van der Waals surface area contributed by atoms with Gasteiger partial charge in [0.2, 0.25) is 0 Å². The number of anilines is 1. The van der Waals surface area contributed by atoms with Gasteiger partial charge in [-0.2, -0.15) is 0 Å². The number of amides is 1. The Morgan fingerprint density at radius 2 is 2.23 bits per heavy atom. The van der Waals surface area contributed by atoms with Gasteiger partial charge in [-0.3, -0.25) is 9.78 Å². The van der Waals surface area contributed by atoms with Crippen LogP contribution in [-0.4, -0.2) is 30.2 Å². The predicted octanol–water partition coefficient (Wildman–Crippen LogP) is 4.56. The average molecular weight is 356 g/mol. The molecule has 2 aromatic rings. The van der Waals surface area contributed by atoms with E-state index in [0.717, 1.165) is 48.7 Å². The van der Waals surface area contributed by atoms with Crippen molar-refractivity contribution in [2.45, 2.75) is 51.6 Å². The topological polar surface area (TPSA) is 60.5 Å². The van der Waals surface area contributed by atoms with Crippen LogP contribution in [0.1, 0.15) is 46.0 Å². The molecule has 0 bridgehead atoms. The van der Waals surface area contributed by atoms with E-state index in [4.69, 9.17) is 9.47 Å². The van der Waals surface area contributed by atoms with E-state index < -0.39 is 5.60 Å². The Bertz CT molecular complexity index is 777. The monoisotopic (exact) mass is 356 g/mol. The highest BCUT2D eigenvalue weighted by Gasteiger charge is 2.42. The van der Waals surface area contributed by atoms with Crippen molar-refractivity contribution in [1.82, 2.24) is 4.98 Å². The summed E-state index contributed by atoms with van der Waals surface area (Å²) in [5.41, 5.74) is 0.757. The third kappa shape index (κ3) is 3.68. The van der Waals surface area contributed by atoms with Crippen molar-refractivity contribution in [1.29, 1.82) is 0 Å². The number of aromatic nitrogens is 1. The first kappa shape index (κ1) is 18.6. The van der Waals surface area contributed by atoms with Crippen LogP contribution in [0.3, 0.4) is 0 Å². The van der Waals surface area contributed by atoms with Crippen molar-refractivity contribution in [3.8, 4) is 5.75 Å². The molecule has 1 heterocycles. The molecular weight excluding hydrogens is 328 g/mol. The SMILES string of the molecule is CCCO[C@@]1(C(=O)Nc2ccc(OC)c3ncccc23)CCC[C@H](C)C1. The third-order valence-corrected chi connectivity index (χ3v) is 5.15. The van der Waals surface area contributed by atoms with Gasteiger partial charge in [-0.25, -0.2) is 0 Å². The number of benzene rings is 1. The van der Waals surface area contributed by atoms with E-state index in [1.807, 2.05) is 24.3 Å². The van der Waals surface area contributed by atoms with Gasteiger partial charge in [0.15, 0.2) is 0 Å². The fourth-order valence-corrected chi connectivity index (χ4v) is 3.86. The summed E-state index contributed by atoms with van der Waals surface area (Å²) in [5.74, 6) is 1.13. The van der Waals surface area contributed by atoms with Gasteiger partial charge >= 0.3 is 0 Å². The molecule has 0 saturated heterocycles. The molecule has 5 nitrogen and oxygen atoms in total. The van der Waals surface area contributed by atoms with Crippen LogP contribution in [-0.2, 0) is 9.53 Å². The van der Waals surface area contributed by atoms with Crippen molar-refractivity contribution in [3.05, 3.63) is 30.5 Å². The van der Waals surface area contributed by atoms with Crippen LogP contribution < -0.4 is 10.1 Å². The van der Waals surface area contributed by atoms with Gasteiger partial charge in [0, 0.05) is 18.2 Å². The molecule has 1 amide bonds. The summed E-state index contributed by atoms with van der Waals surface area (Å²) in [4.78, 5) is 17.7. The number of rotatable bonds is 6. The number of nitrogens with zero attached hydrogens (tertiary/aromatic N) is 1. The Morgan fingerprint density at radius 1 is 1.38 bits per heavy atom. The summed E-state index contributed by atoms with van der Waals surface area (Å²) in [6.45, 7) is 4.87. The molecule has 1 N–H and O–H groups in total. The summed E-state index contributed by atoms with van der Waals surface area (Å²) in [6.07, 6.45) is 6.34. The molecule has 0 spiro atoms. The first-order valence-corrected chi connectivity index (χ1v) is 9.47. The quantitative estimate of drug-likeness (QED) is 0.824. The number of hydrogen-bond acceptors (Lipinski definition) is 4. The Labute approximate surface area is 155 Å². The fourth-order valence-electron chi connectivity index (χ4n) is 3.86. The second-order valence-electron chi connectivity index (χ2n) is 7.21. The molecule has 1 aliphatic rings. The van der Waals surface area contributed by atoms with E-state index in [9.17, 15) is 4.79 Å². The minimum absolute atomic E-state index is 0.0483. The van der Waals surface area contributed by atoms with E-state index in [-0.39, 0.29) is 5.91 Å². The molecule has 140 valence electrons. The van der Waals surface area contributed by atoms with E-state index in [2.05, 4.69) is 24.1 Å². The second-order valence-corrected chi connectivity index (χ2v) is 7.21. The minimum atomic E-state index is -0.734. The van der Waals surface area contributed by atoms with Gasteiger partial charge in [-0.05, 0) is 55.9 Å². The maximum atomic E-state index is 13.3. The largest absolute Gasteiger partial charge is 0.494 e. The lowest BCUT2D eigenvalue weighted by molar-refractivity contribution is -0.148. The Hall–Kier alpha value is -2.14. The number of ether oxygens (including phenoxy) is 2. The molecule has 1 fully saturated rings. The lowest BCUT2D eigenvalue weighted by Crippen LogP contribution is -2.48. The van der Waals surface area contributed by atoms with Crippen molar-refractivity contribution in [2.24, 2.45) is 5.92 Å². The molecule has 1 aliphatic carbocycles. The smallest absolute Gasteiger partial charge is 0.256 e. The highest BCUT2D eigenvalue weighted by atomic mass is 16.5. The van der Waals surface area contributed by atoms with Gasteiger partial charge in [-0.15, -0.1) is 0 Å². The first-order chi connectivity index (χ1) is 12.6. The van der Waals surface area contributed by atoms with Gasteiger partial charge in [0.05, 0.1) is 12.8 Å². The summed E-state index contributed by atoms with van der Waals surface area (Å²) >= 11 is 0. The maximum Gasteiger partial charge on any atom is 0.256 e. The molecule has 0 aliphatic heterocycles. The van der Waals surface area contributed by atoms with Crippen LogP contribution in [0.25, 0.3) is 10.9 Å². The van der Waals surface area contributed by atoms with E-state index in [1.165, 1.54) is 0 Å². The van der Waals surface area contributed by atoms with Crippen LogP contribution in [0.15, 0.2) is 30.5 Å². The number of hydrogen-bond donors (Lipinski definition) is 1. The normalized spacial score (nSPS) is 23.0. The van der Waals surface area contributed by atoms with Gasteiger partial charge in [-0.1, -0.05) is 20.3 Å². The number of pyridine rings is 1. The van der Waals surface area contributed by atoms with E-state index in [0.29, 0.717) is 18.3 Å². The zero-order valence-corrected chi connectivity index (χ0v) is 15.9. The van der Waals surface area contributed by atoms with Crippen LogP contribution in [0.2, 0.25) is 0 Å². The van der Waals surface area contributed by atoms with E-state index >= 15 is 0 Å². The molecular formula is C21H28N2O3. The molecule has 26 heavy (non-hydrogen) atoms. The van der Waals surface area contributed by atoms with Crippen LogP contribution in [0.4, 0.5) is 5.69 Å². The molecule has 1 aromatic heterocycles. The van der Waals surface area contributed by atoms with Gasteiger partial charge < -0.3 is 14.8 Å². The standard InChI is InChI=1S/C21H28N2O3/c1-4-13-26-21(11-5-7-15(2)14-21)20(24)23-17-9-10-18(25-3)19-16(17)8-6-12-22-19/h6,8-10,12,15H,4-5,7,11,13-14H2,1-3H3,(H,23,24)/t15-,21-/m0/s1. The number of carbonyl (C=O) groups excluding carboxylic acids is 1. The zero-order chi connectivity index (χ0) is 18.6. The van der Waals surface area contributed by atoms with Crippen LogP contribution in [0, 0.1) is 5.92 Å². The van der Waals surface area contributed by atoms with Gasteiger partial charge in [0.1, 0.15) is 16.9 Å². The summed E-state index contributed by atoms with van der Waals surface area (Å²) in [7, 11) is 1.62. The minimum Gasteiger partial charge on any atom is -0.494 e. The number of methoxy groups -OCH3 is 1. The Kier molecular flexibility index (Phi) is 5.77. The van der Waals surface area contributed by atoms with Crippen molar-refractivity contribution in [2.75, 3.05) is 19.0 Å². The average Bonchev–Trinajstić information content (AvgIpc) is 2.66. The zero-order valence-electron chi connectivity index (χ0n) is 15.9. The van der Waals surface area contributed by atoms with E-state index in [1.54, 1.807) is 13.3 Å². The molecule has 0 radical (unpaired) electrons.